The Kier molecular flexibility index (Phi) is 4.89. The van der Waals surface area contributed by atoms with Crippen LogP contribution >= 0.6 is 0 Å². The summed E-state index contributed by atoms with van der Waals surface area (Å²) in [6.45, 7) is -0.128. The lowest BCUT2D eigenvalue weighted by molar-refractivity contribution is -0.763. The summed E-state index contributed by atoms with van der Waals surface area (Å²) in [5, 5.41) is 9.11. The summed E-state index contributed by atoms with van der Waals surface area (Å²) in [5.41, 5.74) is 6.51. The highest BCUT2D eigenvalue weighted by Gasteiger charge is 2.01. The van der Waals surface area contributed by atoms with E-state index in [1.54, 1.807) is 24.3 Å². The Balaban J connectivity index is 2.44. The van der Waals surface area contributed by atoms with Crippen molar-refractivity contribution in [3.8, 4) is 0 Å². The molecule has 1 rings (SSSR count). The monoisotopic (exact) mass is 240 g/mol. The van der Waals surface area contributed by atoms with Gasteiger partial charge in [-0.05, 0) is 11.1 Å². The van der Waals surface area contributed by atoms with Crippen molar-refractivity contribution < 1.29 is 19.5 Å². The number of nitrogens with zero attached hydrogens (tertiary/aromatic N) is 1. The normalized spacial score (nSPS) is 9.71. The van der Waals surface area contributed by atoms with Crippen molar-refractivity contribution in [1.29, 1.82) is 0 Å². The molecule has 1 aromatic rings. The van der Waals surface area contributed by atoms with Crippen LogP contribution in [-0.4, -0.2) is 17.6 Å². The zero-order valence-corrected chi connectivity index (χ0v) is 9.00. The Labute approximate surface area is 97.2 Å². The summed E-state index contributed by atoms with van der Waals surface area (Å²) in [6, 6.07) is 6.72. The van der Waals surface area contributed by atoms with Gasteiger partial charge in [0.25, 0.3) is 5.09 Å². The number of hydrogen-bond donors (Lipinski definition) is 1. The third kappa shape index (κ3) is 4.94. The molecule has 2 N–H and O–H groups in total. The van der Waals surface area contributed by atoms with Crippen LogP contribution in [-0.2, 0) is 27.6 Å². The summed E-state index contributed by atoms with van der Waals surface area (Å²) >= 11 is 0. The highest BCUT2D eigenvalue weighted by atomic mass is 16.9. The molecule has 0 unspecified atom stereocenters. The first-order valence-electron chi connectivity index (χ1n) is 4.82. The van der Waals surface area contributed by atoms with Crippen LogP contribution in [0.5, 0.6) is 0 Å². The van der Waals surface area contributed by atoms with Crippen LogP contribution in [0, 0.1) is 10.1 Å². The molecular formula is C10H12N2O5. The van der Waals surface area contributed by atoms with Crippen molar-refractivity contribution in [3.63, 3.8) is 0 Å². The van der Waals surface area contributed by atoms with Gasteiger partial charge in [0, 0.05) is 0 Å². The smallest absolute Gasteiger partial charge is 0.320 e. The van der Waals surface area contributed by atoms with Crippen molar-refractivity contribution in [2.75, 3.05) is 6.54 Å². The first kappa shape index (κ1) is 12.9. The Morgan fingerprint density at radius 2 is 1.76 bits per heavy atom. The quantitative estimate of drug-likeness (QED) is 0.438. The molecule has 0 heterocycles. The lowest BCUT2D eigenvalue weighted by Gasteiger charge is -2.04. The van der Waals surface area contributed by atoms with Gasteiger partial charge in [-0.15, -0.1) is 10.1 Å². The van der Waals surface area contributed by atoms with Gasteiger partial charge in [0.1, 0.15) is 13.2 Å². The molecule has 92 valence electrons. The van der Waals surface area contributed by atoms with E-state index in [1.807, 2.05) is 0 Å². The van der Waals surface area contributed by atoms with E-state index in [2.05, 4.69) is 4.84 Å². The molecule has 0 spiro atoms. The molecule has 0 saturated heterocycles. The fraction of sp³-hybridized carbons (Fsp3) is 0.300. The molecule has 0 atom stereocenters. The number of nitrogens with two attached hydrogens (primary N) is 1. The Hall–Kier alpha value is -2.15. The summed E-state index contributed by atoms with van der Waals surface area (Å²) < 4.78 is 4.81. The lowest BCUT2D eigenvalue weighted by Crippen LogP contribution is -2.16. The maximum atomic E-state index is 10.8. The third-order valence-electron chi connectivity index (χ3n) is 1.93. The van der Waals surface area contributed by atoms with E-state index in [-0.39, 0.29) is 19.8 Å². The fourth-order valence-electron chi connectivity index (χ4n) is 1.08. The average Bonchev–Trinajstić information content (AvgIpc) is 2.34. The largest absolute Gasteiger partial charge is 0.460 e. The number of ether oxygens (including phenoxy) is 1. The van der Waals surface area contributed by atoms with Crippen LogP contribution < -0.4 is 5.73 Å². The lowest BCUT2D eigenvalue weighted by atomic mass is 10.1. The molecule has 7 heteroatoms. The van der Waals surface area contributed by atoms with Crippen molar-refractivity contribution >= 4 is 5.97 Å². The SMILES string of the molecule is NCC(=O)OCc1ccc(CO[N+](=O)[O-])cc1. The summed E-state index contributed by atoms with van der Waals surface area (Å²) in [7, 11) is 0. The second-order valence-corrected chi connectivity index (χ2v) is 3.18. The molecular weight excluding hydrogens is 228 g/mol. The van der Waals surface area contributed by atoms with E-state index in [9.17, 15) is 14.9 Å². The molecule has 0 aliphatic heterocycles. The second kappa shape index (κ2) is 6.44. The molecule has 0 amide bonds. The summed E-state index contributed by atoms with van der Waals surface area (Å²) in [6.07, 6.45) is 0. The van der Waals surface area contributed by atoms with Gasteiger partial charge >= 0.3 is 5.97 Å². The molecule has 0 radical (unpaired) electrons. The van der Waals surface area contributed by atoms with Gasteiger partial charge in [0.05, 0.1) is 6.54 Å². The van der Waals surface area contributed by atoms with Gasteiger partial charge in [0.2, 0.25) is 0 Å². The highest BCUT2D eigenvalue weighted by Crippen LogP contribution is 2.07. The molecule has 0 bridgehead atoms. The van der Waals surface area contributed by atoms with Gasteiger partial charge in [0.15, 0.2) is 0 Å². The van der Waals surface area contributed by atoms with Crippen molar-refractivity contribution in [2.24, 2.45) is 5.73 Å². The maximum Gasteiger partial charge on any atom is 0.320 e. The number of rotatable bonds is 6. The first-order chi connectivity index (χ1) is 8.11. The van der Waals surface area contributed by atoms with E-state index in [0.717, 1.165) is 5.56 Å². The van der Waals surface area contributed by atoms with Crippen molar-refractivity contribution in [3.05, 3.63) is 45.5 Å². The molecule has 0 saturated carbocycles. The highest BCUT2D eigenvalue weighted by molar-refractivity contribution is 5.71. The average molecular weight is 240 g/mol. The minimum absolute atomic E-state index is 0.101. The van der Waals surface area contributed by atoms with E-state index in [1.165, 1.54) is 0 Å². The van der Waals surface area contributed by atoms with Crippen molar-refractivity contribution in [1.82, 2.24) is 0 Å². The van der Waals surface area contributed by atoms with Gasteiger partial charge in [-0.2, -0.15) is 0 Å². The van der Waals surface area contributed by atoms with Crippen LogP contribution in [0.25, 0.3) is 0 Å². The Morgan fingerprint density at radius 3 is 2.24 bits per heavy atom. The van der Waals surface area contributed by atoms with E-state index < -0.39 is 11.1 Å². The first-order valence-corrected chi connectivity index (χ1v) is 4.82. The Bertz CT molecular complexity index is 390. The summed E-state index contributed by atoms with van der Waals surface area (Å²) in [5.74, 6) is -0.481. The Morgan fingerprint density at radius 1 is 1.24 bits per heavy atom. The topological polar surface area (TPSA) is 105 Å². The standard InChI is InChI=1S/C10H12N2O5/c11-5-10(13)16-6-8-1-3-9(4-2-8)7-17-12(14)15/h1-4H,5-7,11H2. The van der Waals surface area contributed by atoms with Crippen LogP contribution in [0.3, 0.4) is 0 Å². The van der Waals surface area contributed by atoms with Gasteiger partial charge in [-0.3, -0.25) is 4.79 Å². The number of carbonyl (C=O) groups excluding carboxylic acids is 1. The number of hydrogen-bond acceptors (Lipinski definition) is 6. The van der Waals surface area contributed by atoms with E-state index in [4.69, 9.17) is 10.5 Å². The molecule has 0 aromatic heterocycles. The zero-order valence-electron chi connectivity index (χ0n) is 9.00. The van der Waals surface area contributed by atoms with Crippen LogP contribution in [0.4, 0.5) is 0 Å². The predicted octanol–water partition coefficient (Wildman–Crippen LogP) is 0.397. The number of benzene rings is 1. The molecule has 0 aliphatic rings. The second-order valence-electron chi connectivity index (χ2n) is 3.18. The minimum Gasteiger partial charge on any atom is -0.460 e. The maximum absolute atomic E-state index is 10.8. The minimum atomic E-state index is -0.850. The van der Waals surface area contributed by atoms with Crippen LogP contribution in [0.1, 0.15) is 11.1 Å². The van der Waals surface area contributed by atoms with Crippen molar-refractivity contribution in [2.45, 2.75) is 13.2 Å². The number of carbonyl (C=O) groups is 1. The van der Waals surface area contributed by atoms with E-state index in [0.29, 0.717) is 5.56 Å². The molecule has 0 fully saturated rings. The van der Waals surface area contributed by atoms with Gasteiger partial charge in [-0.1, -0.05) is 24.3 Å². The summed E-state index contributed by atoms with van der Waals surface area (Å²) in [4.78, 5) is 25.0. The van der Waals surface area contributed by atoms with Gasteiger partial charge in [-0.25, -0.2) is 0 Å². The van der Waals surface area contributed by atoms with E-state index >= 15 is 0 Å². The number of esters is 1. The van der Waals surface area contributed by atoms with Crippen LogP contribution in [0.2, 0.25) is 0 Å². The zero-order chi connectivity index (χ0) is 12.7. The predicted molar refractivity (Wildman–Crippen MR) is 57.1 cm³/mol. The molecule has 17 heavy (non-hydrogen) atoms. The molecule has 0 aliphatic carbocycles. The van der Waals surface area contributed by atoms with Gasteiger partial charge < -0.3 is 15.3 Å². The molecule has 1 aromatic carbocycles. The molecule has 7 nitrogen and oxygen atoms in total. The van der Waals surface area contributed by atoms with Crippen LogP contribution in [0.15, 0.2) is 24.3 Å². The third-order valence-corrected chi connectivity index (χ3v) is 1.93. The fourth-order valence-corrected chi connectivity index (χ4v) is 1.08.